The molecule has 114 valence electrons. The third-order valence-corrected chi connectivity index (χ3v) is 5.41. The Morgan fingerprint density at radius 1 is 1.18 bits per heavy atom. The van der Waals surface area contributed by atoms with Gasteiger partial charge in [-0.1, -0.05) is 31.6 Å². The van der Waals surface area contributed by atoms with Crippen LogP contribution in [0.15, 0.2) is 36.5 Å². The van der Waals surface area contributed by atoms with Gasteiger partial charge in [-0.3, -0.25) is 19.5 Å². The topological polar surface area (TPSA) is 50.3 Å². The second-order valence-electron chi connectivity index (χ2n) is 6.61. The first-order chi connectivity index (χ1) is 10.7. The quantitative estimate of drug-likeness (QED) is 0.634. The van der Waals surface area contributed by atoms with Gasteiger partial charge in [0.25, 0.3) is 0 Å². The molecule has 2 bridgehead atoms. The zero-order valence-electron chi connectivity index (χ0n) is 12.7. The van der Waals surface area contributed by atoms with E-state index in [1.54, 1.807) is 6.20 Å². The number of amides is 2. The predicted molar refractivity (Wildman–Crippen MR) is 81.5 cm³/mol. The van der Waals surface area contributed by atoms with Crippen molar-refractivity contribution in [2.75, 3.05) is 0 Å². The molecule has 1 unspecified atom stereocenters. The van der Waals surface area contributed by atoms with Gasteiger partial charge >= 0.3 is 0 Å². The van der Waals surface area contributed by atoms with Gasteiger partial charge in [-0.2, -0.15) is 0 Å². The summed E-state index contributed by atoms with van der Waals surface area (Å²) < 4.78 is 0. The average Bonchev–Trinajstić information content (AvgIpc) is 3.21. The summed E-state index contributed by atoms with van der Waals surface area (Å²) in [5.74, 6) is 0.341. The highest BCUT2D eigenvalue weighted by Gasteiger charge is 2.60. The number of fused-ring (bicyclic) bond motifs is 5. The Labute approximate surface area is 130 Å². The van der Waals surface area contributed by atoms with Crippen LogP contribution in [0.3, 0.4) is 0 Å². The van der Waals surface area contributed by atoms with E-state index in [1.165, 1.54) is 4.90 Å². The maximum atomic E-state index is 12.9. The third kappa shape index (κ3) is 1.79. The number of pyridine rings is 1. The molecule has 22 heavy (non-hydrogen) atoms. The van der Waals surface area contributed by atoms with E-state index in [9.17, 15) is 9.59 Å². The molecule has 2 heterocycles. The zero-order chi connectivity index (χ0) is 15.3. The molecule has 1 aromatic rings. The first-order valence-corrected chi connectivity index (χ1v) is 8.18. The number of allylic oxidation sites excluding steroid dienone is 2. The molecule has 1 saturated heterocycles. The molecule has 4 rings (SSSR count). The van der Waals surface area contributed by atoms with Crippen molar-refractivity contribution in [2.24, 2.45) is 23.7 Å². The lowest BCUT2D eigenvalue weighted by Gasteiger charge is -2.27. The first kappa shape index (κ1) is 13.7. The monoisotopic (exact) mass is 296 g/mol. The van der Waals surface area contributed by atoms with Gasteiger partial charge in [-0.25, -0.2) is 0 Å². The summed E-state index contributed by atoms with van der Waals surface area (Å²) in [6.45, 7) is 2.08. The summed E-state index contributed by atoms with van der Waals surface area (Å²) in [6.07, 6.45) is 8.67. The van der Waals surface area contributed by atoms with Crippen LogP contribution >= 0.6 is 0 Å². The number of carbonyl (C=O) groups is 2. The average molecular weight is 296 g/mol. The van der Waals surface area contributed by atoms with Crippen LogP contribution in [0.4, 0.5) is 0 Å². The van der Waals surface area contributed by atoms with Crippen LogP contribution in [0.1, 0.15) is 37.9 Å². The smallest absolute Gasteiger partial charge is 0.234 e. The summed E-state index contributed by atoms with van der Waals surface area (Å²) in [7, 11) is 0. The molecule has 2 aliphatic carbocycles. The van der Waals surface area contributed by atoms with Crippen LogP contribution in [0.2, 0.25) is 0 Å². The van der Waals surface area contributed by atoms with Gasteiger partial charge in [0.2, 0.25) is 11.8 Å². The lowest BCUT2D eigenvalue weighted by atomic mass is 9.85. The molecule has 1 aromatic heterocycles. The Hall–Kier alpha value is -1.97. The minimum absolute atomic E-state index is 0.0240. The maximum absolute atomic E-state index is 12.9. The Balaban J connectivity index is 1.69. The first-order valence-electron chi connectivity index (χ1n) is 8.18. The number of hydrogen-bond acceptors (Lipinski definition) is 3. The molecule has 1 saturated carbocycles. The van der Waals surface area contributed by atoms with E-state index < -0.39 is 0 Å². The number of hydrogen-bond donors (Lipinski definition) is 0. The summed E-state index contributed by atoms with van der Waals surface area (Å²) >= 11 is 0. The molecule has 0 spiro atoms. The lowest BCUT2D eigenvalue weighted by molar-refractivity contribution is -0.144. The Kier molecular flexibility index (Phi) is 3.13. The molecular formula is C18H20N2O2. The molecule has 2 amide bonds. The van der Waals surface area contributed by atoms with Gasteiger partial charge in [0.15, 0.2) is 0 Å². The summed E-state index contributed by atoms with van der Waals surface area (Å²) in [6, 6.07) is 5.49. The van der Waals surface area contributed by atoms with E-state index in [1.807, 2.05) is 18.2 Å². The van der Waals surface area contributed by atoms with Crippen molar-refractivity contribution in [3.05, 3.63) is 42.2 Å². The van der Waals surface area contributed by atoms with Crippen molar-refractivity contribution in [3.8, 4) is 0 Å². The van der Waals surface area contributed by atoms with Crippen molar-refractivity contribution in [1.82, 2.24) is 9.88 Å². The van der Waals surface area contributed by atoms with Gasteiger partial charge in [0.1, 0.15) is 0 Å². The van der Waals surface area contributed by atoms with E-state index in [0.717, 1.165) is 25.0 Å². The Morgan fingerprint density at radius 3 is 2.41 bits per heavy atom. The SMILES string of the molecule is CCCC(c1ccccn1)N1C(=O)[C@@H]2[C@H](C1=O)[C@H]1C=C[C@@H]2C1. The van der Waals surface area contributed by atoms with Crippen molar-refractivity contribution in [1.29, 1.82) is 0 Å². The number of aromatic nitrogens is 1. The molecule has 4 nitrogen and oxygen atoms in total. The molecule has 2 fully saturated rings. The largest absolute Gasteiger partial charge is 0.274 e. The summed E-state index contributed by atoms with van der Waals surface area (Å²) in [5, 5.41) is 0. The number of imide groups is 1. The van der Waals surface area contributed by atoms with E-state index >= 15 is 0 Å². The van der Waals surface area contributed by atoms with Crippen molar-refractivity contribution < 1.29 is 9.59 Å². The molecule has 3 aliphatic rings. The van der Waals surface area contributed by atoms with Crippen LogP contribution in [0.5, 0.6) is 0 Å². The normalized spacial score (nSPS) is 33.6. The predicted octanol–water partition coefficient (Wildman–Crippen LogP) is 2.73. The fourth-order valence-electron chi connectivity index (χ4n) is 4.49. The Bertz CT molecular complexity index is 610. The van der Waals surface area contributed by atoms with E-state index in [2.05, 4.69) is 24.1 Å². The second-order valence-corrected chi connectivity index (χ2v) is 6.61. The number of likely N-dealkylation sites (tertiary alicyclic amines) is 1. The molecule has 0 radical (unpaired) electrons. The number of carbonyl (C=O) groups excluding carboxylic acids is 2. The van der Waals surface area contributed by atoms with E-state index in [-0.39, 0.29) is 41.5 Å². The summed E-state index contributed by atoms with van der Waals surface area (Å²) in [4.78, 5) is 31.8. The van der Waals surface area contributed by atoms with Gasteiger partial charge in [-0.15, -0.1) is 0 Å². The summed E-state index contributed by atoms with van der Waals surface area (Å²) in [5.41, 5.74) is 0.825. The van der Waals surface area contributed by atoms with Crippen LogP contribution < -0.4 is 0 Å². The van der Waals surface area contributed by atoms with Crippen LogP contribution in [0.25, 0.3) is 0 Å². The molecule has 4 heteroatoms. The molecule has 5 atom stereocenters. The number of nitrogens with zero attached hydrogens (tertiary/aromatic N) is 2. The lowest BCUT2D eigenvalue weighted by Crippen LogP contribution is -2.37. The Morgan fingerprint density at radius 2 is 1.86 bits per heavy atom. The van der Waals surface area contributed by atoms with Crippen molar-refractivity contribution in [2.45, 2.75) is 32.2 Å². The van der Waals surface area contributed by atoms with Crippen molar-refractivity contribution >= 4 is 11.8 Å². The molecule has 1 aliphatic heterocycles. The zero-order valence-corrected chi connectivity index (χ0v) is 12.7. The second kappa shape index (κ2) is 5.04. The fourth-order valence-corrected chi connectivity index (χ4v) is 4.49. The van der Waals surface area contributed by atoms with Crippen LogP contribution in [0, 0.1) is 23.7 Å². The van der Waals surface area contributed by atoms with Gasteiger partial charge in [0.05, 0.1) is 23.6 Å². The highest BCUT2D eigenvalue weighted by molar-refractivity contribution is 6.06. The van der Waals surface area contributed by atoms with E-state index in [0.29, 0.717) is 0 Å². The van der Waals surface area contributed by atoms with Crippen LogP contribution in [-0.4, -0.2) is 21.7 Å². The standard InChI is InChI=1S/C18H20N2O2/c1-2-5-14(13-6-3-4-9-19-13)20-17(21)15-11-7-8-12(10-11)16(15)18(20)22/h3-4,6-9,11-12,14-16H,2,5,10H2,1H3/t11-,12+,14?,15+,16-. The highest BCUT2D eigenvalue weighted by Crippen LogP contribution is 2.54. The molecular weight excluding hydrogens is 276 g/mol. The van der Waals surface area contributed by atoms with Gasteiger partial charge in [-0.05, 0) is 36.8 Å². The van der Waals surface area contributed by atoms with Crippen molar-refractivity contribution in [3.63, 3.8) is 0 Å². The molecule has 0 N–H and O–H groups in total. The minimum Gasteiger partial charge on any atom is -0.274 e. The molecule has 0 aromatic carbocycles. The fraction of sp³-hybridized carbons (Fsp3) is 0.500. The maximum Gasteiger partial charge on any atom is 0.234 e. The van der Waals surface area contributed by atoms with Gasteiger partial charge < -0.3 is 0 Å². The van der Waals surface area contributed by atoms with Gasteiger partial charge in [0, 0.05) is 6.20 Å². The minimum atomic E-state index is -0.212. The van der Waals surface area contributed by atoms with E-state index in [4.69, 9.17) is 0 Å². The number of rotatable bonds is 4. The van der Waals surface area contributed by atoms with Crippen LogP contribution in [-0.2, 0) is 9.59 Å². The third-order valence-electron chi connectivity index (χ3n) is 5.41. The highest BCUT2D eigenvalue weighted by atomic mass is 16.2.